The quantitative estimate of drug-likeness (QED) is 0.146. The zero-order chi connectivity index (χ0) is 30.4. The maximum Gasteiger partial charge on any atom is 0.171 e. The lowest BCUT2D eigenvalue weighted by atomic mass is 9.94. The zero-order valence-corrected chi connectivity index (χ0v) is 25.8. The van der Waals surface area contributed by atoms with Crippen molar-refractivity contribution in [3.05, 3.63) is 169 Å². The molecule has 0 saturated heterocycles. The zero-order valence-electron chi connectivity index (χ0n) is 24.9. The minimum absolute atomic E-state index is 0.825. The molecule has 1 aromatic heterocycles. The molecule has 2 nitrogen and oxygen atoms in total. The SMILES string of the molecule is Cc1ccc2nc(-c3ccc(-c4cccc(P(=O)(c5ccccc5)c5ccccc5)c4)cc3)c3ccc4ccccc4c3c2c1. The van der Waals surface area contributed by atoms with E-state index in [0.717, 1.165) is 49.2 Å². The molecular formula is C42H30NOP. The number of nitrogens with zero attached hydrogens (tertiary/aromatic N) is 1. The molecule has 0 aliphatic heterocycles. The molecule has 214 valence electrons. The van der Waals surface area contributed by atoms with Crippen molar-refractivity contribution in [2.45, 2.75) is 6.92 Å². The number of aromatic nitrogens is 1. The van der Waals surface area contributed by atoms with Gasteiger partial charge in [-0.05, 0) is 47.0 Å². The number of pyridine rings is 1. The Morgan fingerprint density at radius 2 is 1.11 bits per heavy atom. The Hall–Kier alpha value is -5.30. The van der Waals surface area contributed by atoms with Gasteiger partial charge in [0.2, 0.25) is 0 Å². The van der Waals surface area contributed by atoms with E-state index in [-0.39, 0.29) is 0 Å². The summed E-state index contributed by atoms with van der Waals surface area (Å²) in [7, 11) is -3.07. The van der Waals surface area contributed by atoms with Crippen molar-refractivity contribution in [3.8, 4) is 22.4 Å². The lowest BCUT2D eigenvalue weighted by molar-refractivity contribution is 0.592. The molecule has 45 heavy (non-hydrogen) atoms. The number of hydrogen-bond donors (Lipinski definition) is 0. The molecule has 8 aromatic rings. The fourth-order valence-corrected chi connectivity index (χ4v) is 9.23. The highest BCUT2D eigenvalue weighted by Gasteiger charge is 2.29. The first-order chi connectivity index (χ1) is 22.1. The van der Waals surface area contributed by atoms with E-state index < -0.39 is 7.14 Å². The van der Waals surface area contributed by atoms with Crippen molar-refractivity contribution in [3.63, 3.8) is 0 Å². The van der Waals surface area contributed by atoms with Crippen molar-refractivity contribution >= 4 is 55.5 Å². The van der Waals surface area contributed by atoms with E-state index in [4.69, 9.17) is 4.98 Å². The highest BCUT2D eigenvalue weighted by atomic mass is 31.2. The van der Waals surface area contributed by atoms with Crippen molar-refractivity contribution < 1.29 is 4.57 Å². The molecule has 0 fully saturated rings. The minimum atomic E-state index is -3.07. The van der Waals surface area contributed by atoms with Gasteiger partial charge in [-0.2, -0.15) is 0 Å². The summed E-state index contributed by atoms with van der Waals surface area (Å²) in [5.41, 5.74) is 6.36. The van der Waals surface area contributed by atoms with Crippen molar-refractivity contribution in [1.82, 2.24) is 4.98 Å². The number of benzene rings is 7. The minimum Gasteiger partial charge on any atom is -0.309 e. The average Bonchev–Trinajstić information content (AvgIpc) is 3.11. The molecule has 0 aliphatic rings. The second kappa shape index (κ2) is 11.0. The smallest absolute Gasteiger partial charge is 0.171 e. The summed E-state index contributed by atoms with van der Waals surface area (Å²) in [5.74, 6) is 0. The Labute approximate surface area is 263 Å². The van der Waals surface area contributed by atoms with Gasteiger partial charge in [-0.1, -0.05) is 151 Å². The number of hydrogen-bond acceptors (Lipinski definition) is 2. The summed E-state index contributed by atoms with van der Waals surface area (Å²) in [5, 5.41) is 8.53. The number of fused-ring (bicyclic) bond motifs is 5. The molecule has 1 heterocycles. The lowest BCUT2D eigenvalue weighted by Crippen LogP contribution is -2.25. The third kappa shape index (κ3) is 4.67. The summed E-state index contributed by atoms with van der Waals surface area (Å²) in [6.45, 7) is 2.14. The van der Waals surface area contributed by atoms with Crippen LogP contribution in [0.5, 0.6) is 0 Å². The molecule has 0 aliphatic carbocycles. The van der Waals surface area contributed by atoms with E-state index in [1.165, 1.54) is 27.1 Å². The third-order valence-corrected chi connectivity index (χ3v) is 11.8. The normalized spacial score (nSPS) is 11.8. The average molecular weight is 596 g/mol. The Bertz CT molecular complexity index is 2350. The molecule has 7 aromatic carbocycles. The van der Waals surface area contributed by atoms with E-state index in [0.29, 0.717) is 0 Å². The van der Waals surface area contributed by atoms with Crippen LogP contribution in [0.1, 0.15) is 5.56 Å². The topological polar surface area (TPSA) is 30.0 Å². The summed E-state index contributed by atoms with van der Waals surface area (Å²) in [4.78, 5) is 5.20. The molecule has 0 N–H and O–H groups in total. The summed E-state index contributed by atoms with van der Waals surface area (Å²) in [6, 6.07) is 56.0. The molecule has 8 rings (SSSR count). The predicted octanol–water partition coefficient (Wildman–Crippen LogP) is 9.82. The summed E-state index contributed by atoms with van der Waals surface area (Å²) >= 11 is 0. The summed E-state index contributed by atoms with van der Waals surface area (Å²) < 4.78 is 15.0. The Balaban J connectivity index is 1.25. The second-order valence-electron chi connectivity index (χ2n) is 11.6. The first-order valence-electron chi connectivity index (χ1n) is 15.2. The van der Waals surface area contributed by atoms with Crippen molar-refractivity contribution in [2.24, 2.45) is 0 Å². The standard InChI is InChI=1S/C42H30NOP/c1-29-19-26-40-39(27-29)41-37-18-9-8-11-31(37)24-25-38(41)42(43-40)32-22-20-30(21-23-32)33-12-10-17-36(28-33)45(44,34-13-4-2-5-14-34)35-15-6-3-7-16-35/h2-28H,1H3. The van der Waals surface area contributed by atoms with Crippen LogP contribution in [0.3, 0.4) is 0 Å². The van der Waals surface area contributed by atoms with Crippen LogP contribution in [-0.4, -0.2) is 4.98 Å². The van der Waals surface area contributed by atoms with Crippen LogP contribution in [0.15, 0.2) is 164 Å². The Morgan fingerprint density at radius 1 is 0.467 bits per heavy atom. The van der Waals surface area contributed by atoms with Gasteiger partial charge in [0.15, 0.2) is 7.14 Å². The van der Waals surface area contributed by atoms with Crippen LogP contribution in [0.25, 0.3) is 54.8 Å². The first-order valence-corrected chi connectivity index (χ1v) is 16.9. The fourth-order valence-electron chi connectivity index (χ4n) is 6.53. The summed E-state index contributed by atoms with van der Waals surface area (Å²) in [6.07, 6.45) is 0. The fraction of sp³-hybridized carbons (Fsp3) is 0.0238. The lowest BCUT2D eigenvalue weighted by Gasteiger charge is -2.20. The monoisotopic (exact) mass is 595 g/mol. The molecule has 0 radical (unpaired) electrons. The molecule has 0 amide bonds. The number of aryl methyl sites for hydroxylation is 1. The molecule has 0 saturated carbocycles. The van der Waals surface area contributed by atoms with Crippen LogP contribution in [0.2, 0.25) is 0 Å². The molecule has 3 heteroatoms. The Morgan fingerprint density at radius 3 is 1.84 bits per heavy atom. The molecule has 0 atom stereocenters. The number of rotatable bonds is 5. The van der Waals surface area contributed by atoms with Crippen LogP contribution in [-0.2, 0) is 4.57 Å². The van der Waals surface area contributed by atoms with Crippen LogP contribution >= 0.6 is 7.14 Å². The van der Waals surface area contributed by atoms with Gasteiger partial charge in [-0.3, -0.25) is 0 Å². The van der Waals surface area contributed by atoms with Crippen LogP contribution in [0.4, 0.5) is 0 Å². The van der Waals surface area contributed by atoms with Crippen LogP contribution in [0, 0.1) is 6.92 Å². The van der Waals surface area contributed by atoms with Crippen molar-refractivity contribution in [2.75, 3.05) is 0 Å². The van der Waals surface area contributed by atoms with Gasteiger partial charge in [0.25, 0.3) is 0 Å². The molecule has 0 bridgehead atoms. The van der Waals surface area contributed by atoms with E-state index in [2.05, 4.69) is 97.9 Å². The van der Waals surface area contributed by atoms with Gasteiger partial charge >= 0.3 is 0 Å². The first kappa shape index (κ1) is 27.3. The van der Waals surface area contributed by atoms with Gasteiger partial charge in [-0.15, -0.1) is 0 Å². The Kier molecular flexibility index (Phi) is 6.67. The second-order valence-corrected chi connectivity index (χ2v) is 14.4. The van der Waals surface area contributed by atoms with Crippen LogP contribution < -0.4 is 15.9 Å². The highest BCUT2D eigenvalue weighted by molar-refractivity contribution is 7.85. The maximum atomic E-state index is 15.0. The van der Waals surface area contributed by atoms with E-state index >= 15 is 0 Å². The molecule has 0 spiro atoms. The molecule has 0 unspecified atom stereocenters. The van der Waals surface area contributed by atoms with Crippen molar-refractivity contribution in [1.29, 1.82) is 0 Å². The van der Waals surface area contributed by atoms with E-state index in [1.54, 1.807) is 0 Å². The molecular weight excluding hydrogens is 565 g/mol. The highest BCUT2D eigenvalue weighted by Crippen LogP contribution is 2.43. The van der Waals surface area contributed by atoms with Gasteiger partial charge in [0, 0.05) is 37.6 Å². The van der Waals surface area contributed by atoms with Gasteiger partial charge in [0.05, 0.1) is 11.2 Å². The van der Waals surface area contributed by atoms with Gasteiger partial charge in [0.1, 0.15) is 0 Å². The largest absolute Gasteiger partial charge is 0.309 e. The van der Waals surface area contributed by atoms with Gasteiger partial charge < -0.3 is 4.57 Å². The third-order valence-electron chi connectivity index (χ3n) is 8.78. The van der Waals surface area contributed by atoms with E-state index in [9.17, 15) is 4.57 Å². The van der Waals surface area contributed by atoms with E-state index in [1.807, 2.05) is 72.8 Å². The van der Waals surface area contributed by atoms with Gasteiger partial charge in [-0.25, -0.2) is 4.98 Å². The predicted molar refractivity (Wildman–Crippen MR) is 192 cm³/mol. The maximum absolute atomic E-state index is 15.0.